The van der Waals surface area contributed by atoms with Gasteiger partial charge in [-0.05, 0) is 19.8 Å². The van der Waals surface area contributed by atoms with Crippen LogP contribution in [-0.4, -0.2) is 26.5 Å². The molecular formula is C9H17N5O. The van der Waals surface area contributed by atoms with Gasteiger partial charge >= 0.3 is 0 Å². The normalized spacial score (nSPS) is 12.8. The predicted molar refractivity (Wildman–Crippen MR) is 54.8 cm³/mol. The maximum Gasteiger partial charge on any atom is 0.223 e. The third kappa shape index (κ3) is 3.00. The topological polar surface area (TPSA) is 83.6 Å². The van der Waals surface area contributed by atoms with Crippen LogP contribution in [0.1, 0.15) is 45.5 Å². The Morgan fingerprint density at radius 3 is 2.60 bits per heavy atom. The van der Waals surface area contributed by atoms with Crippen LogP contribution in [0.25, 0.3) is 0 Å². The summed E-state index contributed by atoms with van der Waals surface area (Å²) in [6, 6.07) is -0.197. The zero-order valence-corrected chi connectivity index (χ0v) is 9.32. The van der Waals surface area contributed by atoms with Crippen molar-refractivity contribution in [3.63, 3.8) is 0 Å². The van der Waals surface area contributed by atoms with Crippen molar-refractivity contribution >= 4 is 5.91 Å². The number of aromatic amines is 1. The lowest BCUT2D eigenvalue weighted by molar-refractivity contribution is -0.125. The molecule has 1 unspecified atom stereocenters. The molecular weight excluding hydrogens is 194 g/mol. The van der Waals surface area contributed by atoms with E-state index in [9.17, 15) is 4.79 Å². The van der Waals surface area contributed by atoms with Crippen LogP contribution in [0.4, 0.5) is 0 Å². The van der Waals surface area contributed by atoms with Gasteiger partial charge < -0.3 is 5.32 Å². The maximum atomic E-state index is 11.7. The van der Waals surface area contributed by atoms with E-state index in [1.807, 2.05) is 20.8 Å². The Hall–Kier alpha value is -1.46. The number of amides is 1. The first kappa shape index (κ1) is 11.6. The molecule has 84 valence electrons. The molecule has 1 atom stereocenters. The molecule has 2 N–H and O–H groups in total. The Morgan fingerprint density at radius 1 is 1.47 bits per heavy atom. The molecule has 1 heterocycles. The summed E-state index contributed by atoms with van der Waals surface area (Å²) in [4.78, 5) is 11.7. The van der Waals surface area contributed by atoms with Gasteiger partial charge in [-0.25, -0.2) is 0 Å². The molecule has 1 aromatic heterocycles. The lowest BCUT2D eigenvalue weighted by Gasteiger charge is -2.15. The number of carbonyl (C=O) groups excluding carboxylic acids is 1. The van der Waals surface area contributed by atoms with Crippen molar-refractivity contribution in [2.75, 3.05) is 0 Å². The second-order valence-electron chi connectivity index (χ2n) is 3.51. The van der Waals surface area contributed by atoms with Crippen LogP contribution in [0, 0.1) is 5.92 Å². The number of hydrogen-bond acceptors (Lipinski definition) is 4. The Balaban J connectivity index is 2.51. The van der Waals surface area contributed by atoms with Crippen LogP contribution in [0.15, 0.2) is 0 Å². The fourth-order valence-corrected chi connectivity index (χ4v) is 1.41. The van der Waals surface area contributed by atoms with Crippen molar-refractivity contribution in [3.8, 4) is 0 Å². The van der Waals surface area contributed by atoms with Crippen LogP contribution < -0.4 is 5.32 Å². The number of carbonyl (C=O) groups is 1. The van der Waals surface area contributed by atoms with E-state index in [1.165, 1.54) is 0 Å². The van der Waals surface area contributed by atoms with Gasteiger partial charge in [0.1, 0.15) is 0 Å². The van der Waals surface area contributed by atoms with Gasteiger partial charge in [-0.2, -0.15) is 5.21 Å². The number of rotatable bonds is 5. The van der Waals surface area contributed by atoms with Gasteiger partial charge in [0, 0.05) is 5.92 Å². The Kier molecular flexibility index (Phi) is 4.20. The van der Waals surface area contributed by atoms with Gasteiger partial charge in [-0.3, -0.25) is 4.79 Å². The molecule has 6 heteroatoms. The molecule has 6 nitrogen and oxygen atoms in total. The summed E-state index contributed by atoms with van der Waals surface area (Å²) in [6.07, 6.45) is 1.70. The first-order valence-electron chi connectivity index (χ1n) is 5.22. The lowest BCUT2D eigenvalue weighted by atomic mass is 10.0. The van der Waals surface area contributed by atoms with Crippen LogP contribution in [0.2, 0.25) is 0 Å². The van der Waals surface area contributed by atoms with E-state index in [2.05, 4.69) is 25.9 Å². The highest BCUT2D eigenvalue weighted by molar-refractivity contribution is 5.78. The monoisotopic (exact) mass is 211 g/mol. The molecule has 0 fully saturated rings. The summed E-state index contributed by atoms with van der Waals surface area (Å²) < 4.78 is 0. The van der Waals surface area contributed by atoms with E-state index in [4.69, 9.17) is 0 Å². The Morgan fingerprint density at radius 2 is 2.13 bits per heavy atom. The average Bonchev–Trinajstić information content (AvgIpc) is 2.72. The minimum atomic E-state index is -0.197. The van der Waals surface area contributed by atoms with Crippen molar-refractivity contribution in [2.45, 2.75) is 39.7 Å². The molecule has 0 aromatic carbocycles. The summed E-state index contributed by atoms with van der Waals surface area (Å²) in [5.41, 5.74) is 0. The summed E-state index contributed by atoms with van der Waals surface area (Å²) in [6.45, 7) is 5.85. The summed E-state index contributed by atoms with van der Waals surface area (Å²) in [5, 5.41) is 16.3. The van der Waals surface area contributed by atoms with E-state index in [0.29, 0.717) is 5.82 Å². The quantitative estimate of drug-likeness (QED) is 0.755. The number of hydrogen-bond donors (Lipinski definition) is 2. The van der Waals surface area contributed by atoms with Crippen molar-refractivity contribution in [1.29, 1.82) is 0 Å². The molecule has 0 spiro atoms. The number of nitrogens with one attached hydrogen (secondary N) is 2. The lowest BCUT2D eigenvalue weighted by Crippen LogP contribution is -2.32. The van der Waals surface area contributed by atoms with Crippen LogP contribution in [0.5, 0.6) is 0 Å². The fourth-order valence-electron chi connectivity index (χ4n) is 1.41. The molecule has 15 heavy (non-hydrogen) atoms. The first-order chi connectivity index (χ1) is 7.19. The molecule has 0 aliphatic heterocycles. The van der Waals surface area contributed by atoms with Gasteiger partial charge in [0.05, 0.1) is 6.04 Å². The van der Waals surface area contributed by atoms with Crippen LogP contribution in [0.3, 0.4) is 0 Å². The average molecular weight is 211 g/mol. The highest BCUT2D eigenvalue weighted by Crippen LogP contribution is 2.10. The minimum Gasteiger partial charge on any atom is -0.346 e. The largest absolute Gasteiger partial charge is 0.346 e. The molecule has 0 bridgehead atoms. The fraction of sp³-hybridized carbons (Fsp3) is 0.778. The molecule has 1 aromatic rings. The number of aromatic nitrogens is 4. The van der Waals surface area contributed by atoms with Gasteiger partial charge in [0.2, 0.25) is 5.91 Å². The van der Waals surface area contributed by atoms with E-state index < -0.39 is 0 Å². The van der Waals surface area contributed by atoms with Crippen molar-refractivity contribution in [3.05, 3.63) is 5.82 Å². The SMILES string of the molecule is CCC(CC)C(=O)NC(C)c1nn[nH]n1. The molecule has 0 radical (unpaired) electrons. The minimum absolute atomic E-state index is 0.0531. The smallest absolute Gasteiger partial charge is 0.223 e. The van der Waals surface area contributed by atoms with Crippen LogP contribution >= 0.6 is 0 Å². The molecule has 0 saturated heterocycles. The van der Waals surface area contributed by atoms with Crippen molar-refractivity contribution in [2.24, 2.45) is 5.92 Å². The van der Waals surface area contributed by atoms with E-state index in [0.717, 1.165) is 12.8 Å². The predicted octanol–water partition coefficient (Wildman–Crippen LogP) is 0.813. The maximum absolute atomic E-state index is 11.7. The molecule has 0 saturated carbocycles. The second kappa shape index (κ2) is 5.43. The Bertz CT molecular complexity index is 293. The molecule has 1 amide bonds. The summed E-state index contributed by atoms with van der Waals surface area (Å²) in [5.74, 6) is 0.631. The third-order valence-corrected chi connectivity index (χ3v) is 2.46. The molecule has 0 aliphatic rings. The van der Waals surface area contributed by atoms with Gasteiger partial charge in [-0.15, -0.1) is 10.2 Å². The summed E-state index contributed by atoms with van der Waals surface area (Å²) in [7, 11) is 0. The first-order valence-corrected chi connectivity index (χ1v) is 5.22. The van der Waals surface area contributed by atoms with Gasteiger partial charge in [-0.1, -0.05) is 19.1 Å². The number of nitrogens with zero attached hydrogens (tertiary/aromatic N) is 3. The number of H-pyrrole nitrogens is 1. The van der Waals surface area contributed by atoms with Crippen molar-refractivity contribution in [1.82, 2.24) is 25.9 Å². The van der Waals surface area contributed by atoms with Gasteiger partial charge in [0.25, 0.3) is 0 Å². The van der Waals surface area contributed by atoms with Crippen molar-refractivity contribution < 1.29 is 4.79 Å². The van der Waals surface area contributed by atoms with E-state index in [1.54, 1.807) is 0 Å². The molecule has 0 aliphatic carbocycles. The van der Waals surface area contributed by atoms with Gasteiger partial charge in [0.15, 0.2) is 5.82 Å². The standard InChI is InChI=1S/C9H17N5O/c1-4-7(5-2)9(15)10-6(3)8-11-13-14-12-8/h6-7H,4-5H2,1-3H3,(H,10,15)(H,11,12,13,14). The second-order valence-corrected chi connectivity index (χ2v) is 3.51. The van der Waals surface area contributed by atoms with E-state index >= 15 is 0 Å². The zero-order valence-electron chi connectivity index (χ0n) is 9.32. The summed E-state index contributed by atoms with van der Waals surface area (Å²) >= 11 is 0. The highest BCUT2D eigenvalue weighted by Gasteiger charge is 2.18. The van der Waals surface area contributed by atoms with Crippen LogP contribution in [-0.2, 0) is 4.79 Å². The molecule has 1 rings (SSSR count). The number of tetrazole rings is 1. The zero-order chi connectivity index (χ0) is 11.3. The third-order valence-electron chi connectivity index (χ3n) is 2.46. The van der Waals surface area contributed by atoms with E-state index in [-0.39, 0.29) is 17.9 Å². The Labute approximate surface area is 88.8 Å². The highest BCUT2D eigenvalue weighted by atomic mass is 16.1.